The molecule has 5 nitrogen and oxygen atoms in total. The number of allylic oxidation sites excluding steroid dienone is 1. The Morgan fingerprint density at radius 3 is 2.78 bits per heavy atom. The number of anilines is 1. The first-order valence-corrected chi connectivity index (χ1v) is 8.79. The molecule has 0 spiro atoms. The highest BCUT2D eigenvalue weighted by Gasteiger charge is 2.17. The van der Waals surface area contributed by atoms with E-state index in [1.54, 1.807) is 6.20 Å². The quantitative estimate of drug-likeness (QED) is 0.849. The van der Waals surface area contributed by atoms with E-state index in [4.69, 9.17) is 0 Å². The van der Waals surface area contributed by atoms with Crippen molar-refractivity contribution in [3.8, 4) is 0 Å². The minimum atomic E-state index is -0.0631. The third-order valence-electron chi connectivity index (χ3n) is 4.72. The van der Waals surface area contributed by atoms with E-state index in [-0.39, 0.29) is 5.91 Å². The van der Waals surface area contributed by atoms with Crippen molar-refractivity contribution in [3.05, 3.63) is 29.1 Å². The summed E-state index contributed by atoms with van der Waals surface area (Å²) in [5.74, 6) is 0.691. The maximum absolute atomic E-state index is 12.3. The van der Waals surface area contributed by atoms with Gasteiger partial charge in [-0.25, -0.2) is 9.97 Å². The van der Waals surface area contributed by atoms with Gasteiger partial charge in [0.1, 0.15) is 0 Å². The van der Waals surface area contributed by atoms with Crippen LogP contribution in [0.5, 0.6) is 0 Å². The molecule has 1 aromatic heterocycles. The molecule has 0 radical (unpaired) electrons. The maximum Gasteiger partial charge on any atom is 0.254 e. The Morgan fingerprint density at radius 1 is 1.26 bits per heavy atom. The van der Waals surface area contributed by atoms with E-state index in [0.717, 1.165) is 31.2 Å². The number of aromatic nitrogens is 2. The third kappa shape index (κ3) is 4.09. The van der Waals surface area contributed by atoms with Crippen molar-refractivity contribution in [2.24, 2.45) is 0 Å². The molecule has 1 fully saturated rings. The summed E-state index contributed by atoms with van der Waals surface area (Å²) < 4.78 is 0. The van der Waals surface area contributed by atoms with Crippen LogP contribution in [0.3, 0.4) is 0 Å². The summed E-state index contributed by atoms with van der Waals surface area (Å²) in [6.45, 7) is 4.61. The van der Waals surface area contributed by atoms with Crippen molar-refractivity contribution < 1.29 is 4.79 Å². The third-order valence-corrected chi connectivity index (χ3v) is 4.72. The molecule has 1 aliphatic carbocycles. The highest BCUT2D eigenvalue weighted by atomic mass is 16.1. The number of carbonyl (C=O) groups excluding carboxylic acids is 1. The number of aryl methyl sites for hydroxylation is 1. The van der Waals surface area contributed by atoms with E-state index in [2.05, 4.69) is 26.3 Å². The second kappa shape index (κ2) is 7.57. The summed E-state index contributed by atoms with van der Waals surface area (Å²) in [7, 11) is 0. The molecule has 3 rings (SSSR count). The molecule has 1 aliphatic heterocycles. The number of hydrogen-bond acceptors (Lipinski definition) is 4. The molecule has 0 aromatic carbocycles. The van der Waals surface area contributed by atoms with E-state index in [9.17, 15) is 4.79 Å². The summed E-state index contributed by atoms with van der Waals surface area (Å²) in [6, 6.07) is 0. The number of nitrogens with zero attached hydrogens (tertiary/aromatic N) is 3. The second-order valence-corrected chi connectivity index (χ2v) is 6.48. The highest BCUT2D eigenvalue weighted by molar-refractivity contribution is 5.95. The van der Waals surface area contributed by atoms with Gasteiger partial charge in [-0.3, -0.25) is 4.79 Å². The molecule has 124 valence electrons. The van der Waals surface area contributed by atoms with Crippen molar-refractivity contribution in [3.63, 3.8) is 0 Å². The molecule has 0 unspecified atom stereocenters. The predicted molar refractivity (Wildman–Crippen MR) is 91.7 cm³/mol. The Bertz CT molecular complexity index is 591. The summed E-state index contributed by atoms with van der Waals surface area (Å²) in [4.78, 5) is 23.4. The zero-order chi connectivity index (χ0) is 16.1. The van der Waals surface area contributed by atoms with Crippen LogP contribution in [0.2, 0.25) is 0 Å². The number of hydrogen-bond donors (Lipinski definition) is 1. The van der Waals surface area contributed by atoms with Crippen LogP contribution in [0.1, 0.15) is 61.0 Å². The van der Waals surface area contributed by atoms with Crippen LogP contribution in [-0.4, -0.2) is 35.5 Å². The van der Waals surface area contributed by atoms with Crippen LogP contribution in [0.4, 0.5) is 5.95 Å². The molecule has 0 atom stereocenters. The Labute approximate surface area is 138 Å². The minimum absolute atomic E-state index is 0.0631. The maximum atomic E-state index is 12.3. The molecule has 5 heteroatoms. The van der Waals surface area contributed by atoms with Gasteiger partial charge in [-0.1, -0.05) is 11.6 Å². The first-order chi connectivity index (χ1) is 11.2. The Hall–Kier alpha value is -1.91. The van der Waals surface area contributed by atoms with Gasteiger partial charge in [0, 0.05) is 25.8 Å². The van der Waals surface area contributed by atoms with E-state index >= 15 is 0 Å². The van der Waals surface area contributed by atoms with Gasteiger partial charge in [-0.2, -0.15) is 0 Å². The minimum Gasteiger partial charge on any atom is -0.352 e. The fourth-order valence-electron chi connectivity index (χ4n) is 3.31. The molecule has 23 heavy (non-hydrogen) atoms. The highest BCUT2D eigenvalue weighted by Crippen LogP contribution is 2.20. The fraction of sp³-hybridized carbons (Fsp3) is 0.611. The molecular weight excluding hydrogens is 288 g/mol. The predicted octanol–water partition coefficient (Wildman–Crippen LogP) is 3.01. The van der Waals surface area contributed by atoms with Gasteiger partial charge < -0.3 is 10.2 Å². The first kappa shape index (κ1) is 16.0. The Morgan fingerprint density at radius 2 is 2.09 bits per heavy atom. The lowest BCUT2D eigenvalue weighted by Crippen LogP contribution is -2.27. The van der Waals surface area contributed by atoms with Crippen LogP contribution in [0.15, 0.2) is 17.8 Å². The second-order valence-electron chi connectivity index (χ2n) is 6.48. The van der Waals surface area contributed by atoms with Gasteiger partial charge >= 0.3 is 0 Å². The SMILES string of the molecule is Cc1nc(N2CCCC2)ncc1C(=O)NCCC1=CCCCC1. The Kier molecular flexibility index (Phi) is 5.26. The zero-order valence-corrected chi connectivity index (χ0v) is 14.0. The van der Waals surface area contributed by atoms with Crippen molar-refractivity contribution in [1.29, 1.82) is 0 Å². The van der Waals surface area contributed by atoms with Gasteiger partial charge in [-0.05, 0) is 51.9 Å². The largest absolute Gasteiger partial charge is 0.352 e. The molecule has 0 saturated carbocycles. The van der Waals surface area contributed by atoms with Crippen LogP contribution >= 0.6 is 0 Å². The first-order valence-electron chi connectivity index (χ1n) is 8.79. The molecule has 0 bridgehead atoms. The zero-order valence-electron chi connectivity index (χ0n) is 14.0. The van der Waals surface area contributed by atoms with Crippen molar-refractivity contribution in [1.82, 2.24) is 15.3 Å². The van der Waals surface area contributed by atoms with E-state index in [0.29, 0.717) is 12.1 Å². The molecule has 1 saturated heterocycles. The molecule has 2 aliphatic rings. The van der Waals surface area contributed by atoms with Crippen LogP contribution in [0, 0.1) is 6.92 Å². The number of amides is 1. The molecule has 2 heterocycles. The number of carbonyl (C=O) groups is 1. The lowest BCUT2D eigenvalue weighted by Gasteiger charge is -2.16. The standard InChI is InChI=1S/C18H26N4O/c1-14-16(13-20-18(21-14)22-11-5-6-12-22)17(23)19-10-9-15-7-3-2-4-8-15/h7,13H,2-6,8-12H2,1H3,(H,19,23). The Balaban J connectivity index is 1.55. The number of nitrogens with one attached hydrogen (secondary N) is 1. The normalized spacial score (nSPS) is 18.0. The summed E-state index contributed by atoms with van der Waals surface area (Å²) >= 11 is 0. The van der Waals surface area contributed by atoms with Crippen molar-refractivity contribution >= 4 is 11.9 Å². The molecule has 1 aromatic rings. The van der Waals surface area contributed by atoms with E-state index < -0.39 is 0 Å². The average molecular weight is 314 g/mol. The smallest absolute Gasteiger partial charge is 0.254 e. The summed E-state index contributed by atoms with van der Waals surface area (Å²) in [5.41, 5.74) is 2.83. The van der Waals surface area contributed by atoms with E-state index in [1.165, 1.54) is 44.1 Å². The van der Waals surface area contributed by atoms with Gasteiger partial charge in [-0.15, -0.1) is 0 Å². The topological polar surface area (TPSA) is 58.1 Å². The van der Waals surface area contributed by atoms with Gasteiger partial charge in [0.05, 0.1) is 11.3 Å². The van der Waals surface area contributed by atoms with Crippen molar-refractivity contribution in [2.75, 3.05) is 24.5 Å². The molecule has 1 amide bonds. The summed E-state index contributed by atoms with van der Waals surface area (Å²) in [5, 5.41) is 3.00. The lowest BCUT2D eigenvalue weighted by molar-refractivity contribution is 0.0952. The monoisotopic (exact) mass is 314 g/mol. The molecular formula is C18H26N4O. The average Bonchev–Trinajstić information content (AvgIpc) is 3.10. The van der Waals surface area contributed by atoms with Crippen LogP contribution in [0.25, 0.3) is 0 Å². The van der Waals surface area contributed by atoms with Gasteiger partial charge in [0.15, 0.2) is 0 Å². The van der Waals surface area contributed by atoms with Crippen molar-refractivity contribution in [2.45, 2.75) is 51.9 Å². The van der Waals surface area contributed by atoms with Crippen LogP contribution in [-0.2, 0) is 0 Å². The number of rotatable bonds is 5. The van der Waals surface area contributed by atoms with Gasteiger partial charge in [0.25, 0.3) is 5.91 Å². The molecule has 1 N–H and O–H groups in total. The van der Waals surface area contributed by atoms with Gasteiger partial charge in [0.2, 0.25) is 5.95 Å². The lowest BCUT2D eigenvalue weighted by atomic mass is 9.97. The van der Waals surface area contributed by atoms with Crippen LogP contribution < -0.4 is 10.2 Å². The van der Waals surface area contributed by atoms with E-state index in [1.807, 2.05) is 6.92 Å². The fourth-order valence-corrected chi connectivity index (χ4v) is 3.31. The summed E-state index contributed by atoms with van der Waals surface area (Å²) in [6.07, 6.45) is 12.3.